The fourth-order valence-corrected chi connectivity index (χ4v) is 3.38. The van der Waals surface area contributed by atoms with Gasteiger partial charge in [0.2, 0.25) is 0 Å². The van der Waals surface area contributed by atoms with Gasteiger partial charge in [0.15, 0.2) is 0 Å². The Morgan fingerprint density at radius 2 is 2.00 bits per heavy atom. The van der Waals surface area contributed by atoms with Gasteiger partial charge in [-0.2, -0.15) is 0 Å². The smallest absolute Gasteiger partial charge is 0.133 e. The van der Waals surface area contributed by atoms with Crippen LogP contribution in [-0.2, 0) is 12.8 Å². The van der Waals surface area contributed by atoms with Gasteiger partial charge in [-0.3, -0.25) is 0 Å². The van der Waals surface area contributed by atoms with Crippen LogP contribution in [0.3, 0.4) is 0 Å². The van der Waals surface area contributed by atoms with E-state index < -0.39 is 0 Å². The van der Waals surface area contributed by atoms with E-state index >= 15 is 0 Å². The molecule has 21 heavy (non-hydrogen) atoms. The molecule has 0 aliphatic heterocycles. The first-order valence-corrected chi connectivity index (χ1v) is 7.88. The van der Waals surface area contributed by atoms with Gasteiger partial charge in [0.1, 0.15) is 11.6 Å². The van der Waals surface area contributed by atoms with Crippen molar-refractivity contribution in [3.8, 4) is 0 Å². The summed E-state index contributed by atoms with van der Waals surface area (Å²) in [6.07, 6.45) is 3.24. The van der Waals surface area contributed by atoms with Gasteiger partial charge in [-0.15, -0.1) is 0 Å². The van der Waals surface area contributed by atoms with Crippen molar-refractivity contribution in [2.45, 2.75) is 39.2 Å². The molecule has 0 amide bonds. The highest BCUT2D eigenvalue weighted by molar-refractivity contribution is 6.35. The van der Waals surface area contributed by atoms with E-state index in [-0.39, 0.29) is 6.04 Å². The lowest BCUT2D eigenvalue weighted by Gasteiger charge is -2.19. The van der Waals surface area contributed by atoms with E-state index in [4.69, 9.17) is 23.2 Å². The van der Waals surface area contributed by atoms with E-state index in [9.17, 15) is 0 Å². The Morgan fingerprint density at radius 3 is 2.76 bits per heavy atom. The summed E-state index contributed by atoms with van der Waals surface area (Å²) < 4.78 is 0. The molecule has 0 fully saturated rings. The largest absolute Gasteiger partial charge is 0.363 e. The summed E-state index contributed by atoms with van der Waals surface area (Å²) in [6, 6.07) is 5.65. The highest BCUT2D eigenvalue weighted by atomic mass is 35.5. The van der Waals surface area contributed by atoms with Crippen LogP contribution in [0.2, 0.25) is 10.0 Å². The lowest BCUT2D eigenvalue weighted by molar-refractivity contribution is 0.857. The van der Waals surface area contributed by atoms with Crippen molar-refractivity contribution < 1.29 is 0 Å². The van der Waals surface area contributed by atoms with E-state index in [2.05, 4.69) is 22.2 Å². The molecule has 1 heterocycles. The van der Waals surface area contributed by atoms with Crippen LogP contribution in [0.15, 0.2) is 18.2 Å². The minimum Gasteiger partial charge on any atom is -0.363 e. The zero-order valence-corrected chi connectivity index (χ0v) is 13.6. The molecule has 1 N–H and O–H groups in total. The summed E-state index contributed by atoms with van der Waals surface area (Å²) in [6.45, 7) is 4.01. The van der Waals surface area contributed by atoms with Crippen LogP contribution in [-0.4, -0.2) is 9.97 Å². The van der Waals surface area contributed by atoms with Gasteiger partial charge < -0.3 is 5.32 Å². The van der Waals surface area contributed by atoms with Gasteiger partial charge in [0.05, 0.1) is 6.04 Å². The maximum atomic E-state index is 6.28. The van der Waals surface area contributed by atoms with Crippen molar-refractivity contribution in [3.63, 3.8) is 0 Å². The molecule has 0 saturated heterocycles. The van der Waals surface area contributed by atoms with Crippen LogP contribution >= 0.6 is 23.2 Å². The van der Waals surface area contributed by atoms with Crippen molar-refractivity contribution in [3.05, 3.63) is 50.9 Å². The number of benzene rings is 1. The van der Waals surface area contributed by atoms with E-state index in [1.165, 1.54) is 11.3 Å². The highest BCUT2D eigenvalue weighted by Gasteiger charge is 2.20. The zero-order valence-electron chi connectivity index (χ0n) is 12.1. The molecule has 2 aromatic rings. The Bertz CT molecular complexity index is 685. The Balaban J connectivity index is 1.90. The molecule has 3 nitrogen and oxygen atoms in total. The van der Waals surface area contributed by atoms with Gasteiger partial charge in [-0.25, -0.2) is 9.97 Å². The predicted molar refractivity (Wildman–Crippen MR) is 87.3 cm³/mol. The maximum absolute atomic E-state index is 6.28. The molecular weight excluding hydrogens is 305 g/mol. The Kier molecular flexibility index (Phi) is 4.05. The van der Waals surface area contributed by atoms with E-state index in [1.807, 2.05) is 19.1 Å². The summed E-state index contributed by atoms with van der Waals surface area (Å²) in [7, 11) is 0. The van der Waals surface area contributed by atoms with Gasteiger partial charge in [0, 0.05) is 21.3 Å². The number of aromatic nitrogens is 2. The number of rotatable bonds is 3. The van der Waals surface area contributed by atoms with E-state index in [1.54, 1.807) is 6.07 Å². The number of hydrogen-bond acceptors (Lipinski definition) is 3. The average molecular weight is 322 g/mol. The fourth-order valence-electron chi connectivity index (χ4n) is 2.81. The molecule has 3 rings (SSSR count). The number of nitrogens with zero attached hydrogens (tertiary/aromatic N) is 2. The number of nitrogens with one attached hydrogen (secondary N) is 1. The number of fused-ring (bicyclic) bond motifs is 1. The zero-order chi connectivity index (χ0) is 15.0. The minimum atomic E-state index is 0.0637. The molecule has 1 aliphatic rings. The summed E-state index contributed by atoms with van der Waals surface area (Å²) in [5, 5.41) is 4.80. The molecule has 0 radical (unpaired) electrons. The van der Waals surface area contributed by atoms with Crippen molar-refractivity contribution in [2.75, 3.05) is 5.32 Å². The van der Waals surface area contributed by atoms with Crippen LogP contribution in [0.4, 0.5) is 5.82 Å². The van der Waals surface area contributed by atoms with Crippen molar-refractivity contribution in [1.29, 1.82) is 0 Å². The second-order valence-electron chi connectivity index (χ2n) is 5.43. The number of anilines is 1. The van der Waals surface area contributed by atoms with Crippen molar-refractivity contribution in [2.24, 2.45) is 0 Å². The number of aryl methyl sites for hydroxylation is 2. The van der Waals surface area contributed by atoms with E-state index in [0.717, 1.165) is 36.5 Å². The van der Waals surface area contributed by atoms with E-state index in [0.29, 0.717) is 10.0 Å². The molecule has 0 saturated carbocycles. The molecule has 1 unspecified atom stereocenters. The first-order valence-electron chi connectivity index (χ1n) is 7.12. The number of halogens is 2. The summed E-state index contributed by atoms with van der Waals surface area (Å²) in [5.74, 6) is 1.75. The molecule has 1 aromatic carbocycles. The van der Waals surface area contributed by atoms with Crippen molar-refractivity contribution in [1.82, 2.24) is 9.97 Å². The predicted octanol–water partition coefficient (Wildman–Crippen LogP) is 4.75. The quantitative estimate of drug-likeness (QED) is 0.886. The highest BCUT2D eigenvalue weighted by Crippen LogP contribution is 2.31. The normalized spacial score (nSPS) is 14.9. The molecule has 1 atom stereocenters. The third-order valence-corrected chi connectivity index (χ3v) is 4.39. The standard InChI is InChI=1S/C16H17Cl2N3/c1-9(12-7-6-11(17)8-14(12)18)19-16-13-4-3-5-15(13)20-10(2)21-16/h6-9H,3-5H2,1-2H3,(H,19,20,21). The van der Waals surface area contributed by atoms with Gasteiger partial charge >= 0.3 is 0 Å². The topological polar surface area (TPSA) is 37.8 Å². The van der Waals surface area contributed by atoms with Crippen LogP contribution < -0.4 is 5.32 Å². The van der Waals surface area contributed by atoms with Gasteiger partial charge in [-0.1, -0.05) is 29.3 Å². The Hall–Kier alpha value is -1.32. The molecule has 0 spiro atoms. The second-order valence-corrected chi connectivity index (χ2v) is 6.27. The molecular formula is C16H17Cl2N3. The number of hydrogen-bond donors (Lipinski definition) is 1. The summed E-state index contributed by atoms with van der Waals surface area (Å²) >= 11 is 12.2. The lowest BCUT2D eigenvalue weighted by Crippen LogP contribution is -2.12. The molecule has 1 aliphatic carbocycles. The third kappa shape index (κ3) is 2.99. The summed E-state index contributed by atoms with van der Waals surface area (Å²) in [4.78, 5) is 9.10. The maximum Gasteiger partial charge on any atom is 0.133 e. The van der Waals surface area contributed by atoms with Gasteiger partial charge in [-0.05, 0) is 50.8 Å². The lowest BCUT2D eigenvalue weighted by atomic mass is 10.1. The SMILES string of the molecule is Cc1nc2c(c(NC(C)c3ccc(Cl)cc3Cl)n1)CCC2. The van der Waals surface area contributed by atoms with Gasteiger partial charge in [0.25, 0.3) is 0 Å². The minimum absolute atomic E-state index is 0.0637. The fraction of sp³-hybridized carbons (Fsp3) is 0.375. The third-order valence-electron chi connectivity index (χ3n) is 3.83. The monoisotopic (exact) mass is 321 g/mol. The average Bonchev–Trinajstić information content (AvgIpc) is 2.86. The first-order chi connectivity index (χ1) is 10.0. The molecule has 0 bridgehead atoms. The summed E-state index contributed by atoms with van der Waals surface area (Å²) in [5.41, 5.74) is 3.45. The van der Waals surface area contributed by atoms with Crippen molar-refractivity contribution >= 4 is 29.0 Å². The molecule has 110 valence electrons. The van der Waals surface area contributed by atoms with Crippen LogP contribution in [0.25, 0.3) is 0 Å². The molecule has 1 aromatic heterocycles. The second kappa shape index (κ2) is 5.82. The Morgan fingerprint density at radius 1 is 1.19 bits per heavy atom. The molecule has 5 heteroatoms. The van der Waals surface area contributed by atoms with Crippen LogP contribution in [0.5, 0.6) is 0 Å². The first kappa shape index (κ1) is 14.6. The van der Waals surface area contributed by atoms with Crippen LogP contribution in [0.1, 0.15) is 42.0 Å². The van der Waals surface area contributed by atoms with Crippen LogP contribution in [0, 0.1) is 6.92 Å². The Labute approximate surface area is 134 Å².